The van der Waals surface area contributed by atoms with E-state index in [1.165, 1.54) is 22.3 Å². The van der Waals surface area contributed by atoms with Crippen molar-refractivity contribution < 1.29 is 19.0 Å². The van der Waals surface area contributed by atoms with Crippen LogP contribution in [0.5, 0.6) is 17.2 Å². The van der Waals surface area contributed by atoms with Crippen molar-refractivity contribution in [1.82, 2.24) is 15.3 Å². The summed E-state index contributed by atoms with van der Waals surface area (Å²) in [6.07, 6.45) is 2.99. The van der Waals surface area contributed by atoms with Crippen molar-refractivity contribution in [2.45, 2.75) is 25.8 Å². The first-order valence-electron chi connectivity index (χ1n) is 10.6. The summed E-state index contributed by atoms with van der Waals surface area (Å²) in [4.78, 5) is 20.6. The van der Waals surface area contributed by atoms with Gasteiger partial charge < -0.3 is 24.5 Å². The van der Waals surface area contributed by atoms with Crippen molar-refractivity contribution in [3.05, 3.63) is 59.2 Å². The van der Waals surface area contributed by atoms with Gasteiger partial charge in [-0.25, -0.2) is 4.98 Å². The van der Waals surface area contributed by atoms with Gasteiger partial charge in [-0.15, -0.1) is 11.3 Å². The fourth-order valence-electron chi connectivity index (χ4n) is 3.90. The van der Waals surface area contributed by atoms with Crippen LogP contribution in [0.1, 0.15) is 18.2 Å². The number of carbonyl (C=O) groups excluding carboxylic acids is 1. The molecule has 0 unspecified atom stereocenters. The number of aromatic nitrogens is 2. The molecule has 1 amide bonds. The number of nitrogens with one attached hydrogen (secondary N) is 2. The molecule has 0 spiro atoms. The molecule has 172 valence electrons. The molecule has 7 nitrogen and oxygen atoms in total. The van der Waals surface area contributed by atoms with Crippen molar-refractivity contribution in [3.8, 4) is 27.8 Å². The Labute approximate surface area is 196 Å². The van der Waals surface area contributed by atoms with Crippen LogP contribution in [0.15, 0.2) is 48.0 Å². The number of rotatable bonds is 9. The third-order valence-corrected chi connectivity index (χ3v) is 6.35. The Balaban J connectivity index is 1.41. The number of ether oxygens (including phenoxy) is 3. The standard InChI is InChI=1S/C25H27N3O4S/c1-15(9-17-13-26-20-8-6-5-7-19(17)20)27-23(29)12-18-14-33-25(28-18)16-10-21(30-2)24(32-4)22(11-16)31-3/h5-8,10-11,13-15,26H,9,12H2,1-4H3,(H,27,29)/t15-/m0/s1. The molecule has 2 heterocycles. The van der Waals surface area contributed by atoms with Crippen LogP contribution in [0, 0.1) is 0 Å². The van der Waals surface area contributed by atoms with Gasteiger partial charge in [0.25, 0.3) is 0 Å². The molecule has 0 aliphatic heterocycles. The van der Waals surface area contributed by atoms with Gasteiger partial charge in [0.1, 0.15) is 5.01 Å². The number of fused-ring (bicyclic) bond motifs is 1. The van der Waals surface area contributed by atoms with Gasteiger partial charge in [-0.1, -0.05) is 18.2 Å². The van der Waals surface area contributed by atoms with Gasteiger partial charge in [-0.05, 0) is 37.1 Å². The summed E-state index contributed by atoms with van der Waals surface area (Å²) >= 11 is 1.47. The van der Waals surface area contributed by atoms with E-state index in [9.17, 15) is 4.79 Å². The maximum absolute atomic E-state index is 12.6. The molecule has 0 fully saturated rings. The minimum absolute atomic E-state index is 0.00456. The highest BCUT2D eigenvalue weighted by Crippen LogP contribution is 2.41. The number of nitrogens with zero attached hydrogens (tertiary/aromatic N) is 1. The van der Waals surface area contributed by atoms with E-state index in [1.54, 1.807) is 21.3 Å². The van der Waals surface area contributed by atoms with E-state index >= 15 is 0 Å². The predicted octanol–water partition coefficient (Wildman–Crippen LogP) is 4.61. The largest absolute Gasteiger partial charge is 0.493 e. The average molecular weight is 466 g/mol. The van der Waals surface area contributed by atoms with Crippen LogP contribution in [-0.4, -0.2) is 43.2 Å². The highest BCUT2D eigenvalue weighted by Gasteiger charge is 2.17. The van der Waals surface area contributed by atoms with Crippen LogP contribution in [0.4, 0.5) is 0 Å². The van der Waals surface area contributed by atoms with E-state index in [1.807, 2.05) is 42.8 Å². The van der Waals surface area contributed by atoms with Crippen molar-refractivity contribution in [2.75, 3.05) is 21.3 Å². The SMILES string of the molecule is COc1cc(-c2nc(CC(=O)N[C@@H](C)Cc3c[nH]c4ccccc34)cs2)cc(OC)c1OC. The summed E-state index contributed by atoms with van der Waals surface area (Å²) in [7, 11) is 4.73. The molecule has 0 aliphatic rings. The van der Waals surface area contributed by atoms with Gasteiger partial charge >= 0.3 is 0 Å². The number of amides is 1. The van der Waals surface area contributed by atoms with Crippen LogP contribution >= 0.6 is 11.3 Å². The predicted molar refractivity (Wildman–Crippen MR) is 131 cm³/mol. The van der Waals surface area contributed by atoms with Gasteiger partial charge in [0.15, 0.2) is 11.5 Å². The number of aromatic amines is 1. The molecule has 0 saturated heterocycles. The monoisotopic (exact) mass is 465 g/mol. The van der Waals surface area contributed by atoms with E-state index in [4.69, 9.17) is 14.2 Å². The van der Waals surface area contributed by atoms with Gasteiger partial charge in [0.05, 0.1) is 33.4 Å². The molecule has 2 N–H and O–H groups in total. The summed E-state index contributed by atoms with van der Waals surface area (Å²) in [6.45, 7) is 2.02. The summed E-state index contributed by atoms with van der Waals surface area (Å²) in [6, 6.07) is 11.9. The Morgan fingerprint density at radius 1 is 1.12 bits per heavy atom. The Morgan fingerprint density at radius 2 is 1.85 bits per heavy atom. The Kier molecular flexibility index (Phi) is 6.84. The molecule has 2 aromatic carbocycles. The molecule has 1 atom stereocenters. The van der Waals surface area contributed by atoms with Crippen LogP contribution in [-0.2, 0) is 17.6 Å². The quantitative estimate of drug-likeness (QED) is 0.377. The number of para-hydroxylation sites is 1. The lowest BCUT2D eigenvalue weighted by molar-refractivity contribution is -0.121. The molecule has 2 aromatic heterocycles. The molecule has 0 aliphatic carbocycles. The highest BCUT2D eigenvalue weighted by molar-refractivity contribution is 7.13. The lowest BCUT2D eigenvalue weighted by Gasteiger charge is -2.13. The zero-order valence-corrected chi connectivity index (χ0v) is 19.9. The Morgan fingerprint density at radius 3 is 2.55 bits per heavy atom. The maximum Gasteiger partial charge on any atom is 0.226 e. The number of H-pyrrole nitrogens is 1. The minimum Gasteiger partial charge on any atom is -0.493 e. The van der Waals surface area contributed by atoms with Crippen molar-refractivity contribution in [2.24, 2.45) is 0 Å². The number of hydrogen-bond donors (Lipinski definition) is 2. The smallest absolute Gasteiger partial charge is 0.226 e. The van der Waals surface area contributed by atoms with Gasteiger partial charge in [-0.3, -0.25) is 4.79 Å². The van der Waals surface area contributed by atoms with Crippen LogP contribution < -0.4 is 19.5 Å². The summed E-state index contributed by atoms with van der Waals surface area (Å²) in [5.74, 6) is 1.60. The molecule has 0 radical (unpaired) electrons. The van der Waals surface area contributed by atoms with Gasteiger partial charge in [0.2, 0.25) is 11.7 Å². The van der Waals surface area contributed by atoms with E-state index in [2.05, 4.69) is 27.4 Å². The lowest BCUT2D eigenvalue weighted by Crippen LogP contribution is -2.35. The first-order chi connectivity index (χ1) is 16.0. The second-order valence-corrected chi connectivity index (χ2v) is 8.63. The number of carbonyl (C=O) groups is 1. The van der Waals surface area contributed by atoms with E-state index in [0.29, 0.717) is 17.2 Å². The molecule has 4 rings (SSSR count). The first kappa shape index (κ1) is 22.7. The third-order valence-electron chi connectivity index (χ3n) is 5.41. The normalized spacial score (nSPS) is 11.9. The van der Waals surface area contributed by atoms with Crippen LogP contribution in [0.2, 0.25) is 0 Å². The molecule has 0 saturated carbocycles. The molecule has 33 heavy (non-hydrogen) atoms. The molecule has 8 heteroatoms. The second kappa shape index (κ2) is 9.95. The van der Waals surface area contributed by atoms with Crippen molar-refractivity contribution in [3.63, 3.8) is 0 Å². The van der Waals surface area contributed by atoms with Crippen LogP contribution in [0.25, 0.3) is 21.5 Å². The zero-order chi connectivity index (χ0) is 23.4. The Hall–Kier alpha value is -3.52. The van der Waals surface area contributed by atoms with E-state index in [0.717, 1.165) is 28.2 Å². The lowest BCUT2D eigenvalue weighted by atomic mass is 10.1. The summed E-state index contributed by atoms with van der Waals surface area (Å²) in [5, 5.41) is 6.96. The van der Waals surface area contributed by atoms with Crippen molar-refractivity contribution >= 4 is 28.1 Å². The van der Waals surface area contributed by atoms with Gasteiger partial charge in [0, 0.05) is 34.1 Å². The number of thiazole rings is 1. The number of methoxy groups -OCH3 is 3. The third kappa shape index (κ3) is 4.96. The van der Waals surface area contributed by atoms with E-state index in [-0.39, 0.29) is 18.4 Å². The van der Waals surface area contributed by atoms with Gasteiger partial charge in [-0.2, -0.15) is 0 Å². The molecule has 0 bridgehead atoms. The fourth-order valence-corrected chi connectivity index (χ4v) is 4.70. The fraction of sp³-hybridized carbons (Fsp3) is 0.280. The van der Waals surface area contributed by atoms with Crippen LogP contribution in [0.3, 0.4) is 0 Å². The number of benzene rings is 2. The summed E-state index contributed by atoms with van der Waals surface area (Å²) in [5.41, 5.74) is 3.86. The number of hydrogen-bond acceptors (Lipinski definition) is 6. The van der Waals surface area contributed by atoms with Crippen molar-refractivity contribution in [1.29, 1.82) is 0 Å². The molecular weight excluding hydrogens is 438 g/mol. The minimum atomic E-state index is -0.0518. The first-order valence-corrected chi connectivity index (χ1v) is 11.5. The summed E-state index contributed by atoms with van der Waals surface area (Å²) < 4.78 is 16.2. The highest BCUT2D eigenvalue weighted by atomic mass is 32.1. The Bertz CT molecular complexity index is 1240. The zero-order valence-electron chi connectivity index (χ0n) is 19.1. The molecular formula is C25H27N3O4S. The second-order valence-electron chi connectivity index (χ2n) is 7.77. The van der Waals surface area contributed by atoms with E-state index < -0.39 is 0 Å². The maximum atomic E-state index is 12.6. The molecule has 4 aromatic rings. The topological polar surface area (TPSA) is 85.5 Å². The average Bonchev–Trinajstić information content (AvgIpc) is 3.45.